The van der Waals surface area contributed by atoms with E-state index < -0.39 is 0 Å². The maximum Gasteiger partial charge on any atom is 0.255 e. The van der Waals surface area contributed by atoms with Crippen molar-refractivity contribution in [3.05, 3.63) is 45.4 Å². The van der Waals surface area contributed by atoms with Crippen LogP contribution >= 0.6 is 31.9 Å². The molecule has 0 unspecified atom stereocenters. The highest BCUT2D eigenvalue weighted by atomic mass is 79.9. The first-order valence-electron chi connectivity index (χ1n) is 5.65. The highest BCUT2D eigenvalue weighted by Crippen LogP contribution is 2.25. The third-order valence-corrected chi connectivity index (χ3v) is 3.68. The molecule has 1 aromatic rings. The molecule has 0 spiro atoms. The molecule has 2 nitrogen and oxygen atoms in total. The lowest BCUT2D eigenvalue weighted by atomic mass is 10.0. The van der Waals surface area contributed by atoms with Gasteiger partial charge in [0.15, 0.2) is 0 Å². The second kappa shape index (κ2) is 6.02. The van der Waals surface area contributed by atoms with E-state index in [0.29, 0.717) is 12.1 Å². The van der Waals surface area contributed by atoms with Gasteiger partial charge in [0.1, 0.15) is 0 Å². The number of halogens is 2. The van der Waals surface area contributed by atoms with Crippen LogP contribution in [0.1, 0.15) is 31.1 Å². The third-order valence-electron chi connectivity index (χ3n) is 2.53. The summed E-state index contributed by atoms with van der Waals surface area (Å²) in [5.41, 5.74) is 0.424. The largest absolute Gasteiger partial charge is 0.330 e. The van der Waals surface area contributed by atoms with Crippen LogP contribution in [0, 0.1) is 0 Å². The third kappa shape index (κ3) is 3.69. The predicted octanol–water partition coefficient (Wildman–Crippen LogP) is 4.64. The van der Waals surface area contributed by atoms with Gasteiger partial charge < -0.3 is 4.90 Å². The van der Waals surface area contributed by atoms with Crippen molar-refractivity contribution < 1.29 is 4.79 Å². The van der Waals surface area contributed by atoms with Crippen molar-refractivity contribution >= 4 is 37.8 Å². The van der Waals surface area contributed by atoms with Crippen LogP contribution in [0.3, 0.4) is 0 Å². The molecule has 0 atom stereocenters. The van der Waals surface area contributed by atoms with Crippen molar-refractivity contribution in [1.29, 1.82) is 0 Å². The molecule has 0 saturated heterocycles. The van der Waals surface area contributed by atoms with Gasteiger partial charge in [-0.25, -0.2) is 0 Å². The van der Waals surface area contributed by atoms with E-state index >= 15 is 0 Å². The Balaban J connectivity index is 3.14. The Hall–Kier alpha value is -0.610. The van der Waals surface area contributed by atoms with Gasteiger partial charge in [0.25, 0.3) is 5.91 Å². The molecule has 0 saturated carbocycles. The fourth-order valence-electron chi connectivity index (χ4n) is 1.60. The van der Waals surface area contributed by atoms with Gasteiger partial charge in [-0.05, 0) is 54.9 Å². The van der Waals surface area contributed by atoms with Crippen molar-refractivity contribution in [2.75, 3.05) is 6.54 Å². The number of rotatable bonds is 3. The monoisotopic (exact) mass is 373 g/mol. The first-order chi connectivity index (χ1) is 8.27. The lowest BCUT2D eigenvalue weighted by Gasteiger charge is -2.35. The summed E-state index contributed by atoms with van der Waals surface area (Å²) >= 11 is 6.81. The van der Waals surface area contributed by atoms with Crippen molar-refractivity contribution in [2.24, 2.45) is 0 Å². The molecule has 0 aliphatic heterocycles. The van der Waals surface area contributed by atoms with Crippen molar-refractivity contribution in [1.82, 2.24) is 4.90 Å². The molecule has 0 N–H and O–H groups in total. The Kier molecular flexibility index (Phi) is 5.17. The van der Waals surface area contributed by atoms with Crippen LogP contribution in [0.5, 0.6) is 0 Å². The van der Waals surface area contributed by atoms with Crippen molar-refractivity contribution in [2.45, 2.75) is 26.3 Å². The van der Waals surface area contributed by atoms with Crippen LogP contribution in [-0.4, -0.2) is 22.9 Å². The number of hydrogen-bond acceptors (Lipinski definition) is 1. The van der Waals surface area contributed by atoms with E-state index in [4.69, 9.17) is 0 Å². The van der Waals surface area contributed by atoms with Gasteiger partial charge in [0.2, 0.25) is 0 Å². The Morgan fingerprint density at radius 1 is 1.39 bits per heavy atom. The minimum Gasteiger partial charge on any atom is -0.330 e. The Morgan fingerprint density at radius 2 is 2.00 bits per heavy atom. The standard InChI is InChI=1S/C14H17Br2NO/c1-5-8-17(14(2,3)4)13(18)11-7-6-10(15)9-12(11)16/h5-7,9H,1,8H2,2-4H3. The first kappa shape index (κ1) is 15.4. The number of benzene rings is 1. The van der Waals surface area contributed by atoms with Gasteiger partial charge >= 0.3 is 0 Å². The molecule has 0 fully saturated rings. The number of amides is 1. The van der Waals surface area contributed by atoms with Crippen molar-refractivity contribution in [3.8, 4) is 0 Å². The quantitative estimate of drug-likeness (QED) is 0.705. The Morgan fingerprint density at radius 3 is 2.44 bits per heavy atom. The molecular formula is C14H17Br2NO. The molecule has 1 rings (SSSR count). The Labute approximate surface area is 125 Å². The zero-order valence-electron chi connectivity index (χ0n) is 10.8. The first-order valence-corrected chi connectivity index (χ1v) is 7.24. The SMILES string of the molecule is C=CCN(C(=O)c1ccc(Br)cc1Br)C(C)(C)C. The number of carbonyl (C=O) groups excluding carboxylic acids is 1. The average molecular weight is 375 g/mol. The number of carbonyl (C=O) groups is 1. The summed E-state index contributed by atoms with van der Waals surface area (Å²) in [5.74, 6) is 0.00164. The normalized spacial score (nSPS) is 11.2. The topological polar surface area (TPSA) is 20.3 Å². The van der Waals surface area contributed by atoms with Gasteiger partial charge in [0, 0.05) is 21.0 Å². The van der Waals surface area contributed by atoms with E-state index in [-0.39, 0.29) is 11.4 Å². The van der Waals surface area contributed by atoms with Crippen LogP contribution in [0.2, 0.25) is 0 Å². The van der Waals surface area contributed by atoms with E-state index in [2.05, 4.69) is 38.4 Å². The van der Waals surface area contributed by atoms with Crippen molar-refractivity contribution in [3.63, 3.8) is 0 Å². The smallest absolute Gasteiger partial charge is 0.255 e. The van der Waals surface area contributed by atoms with E-state index in [9.17, 15) is 4.79 Å². The van der Waals surface area contributed by atoms with Crippen LogP contribution in [0.4, 0.5) is 0 Å². The lowest BCUT2D eigenvalue weighted by Crippen LogP contribution is -2.45. The van der Waals surface area contributed by atoms with Crippen LogP contribution in [0.25, 0.3) is 0 Å². The van der Waals surface area contributed by atoms with E-state index in [1.165, 1.54) is 0 Å². The fourth-order valence-corrected chi connectivity index (χ4v) is 2.82. The summed E-state index contributed by atoms with van der Waals surface area (Å²) in [4.78, 5) is 14.3. The molecule has 0 bridgehead atoms. The second-order valence-electron chi connectivity index (χ2n) is 5.00. The second-order valence-corrected chi connectivity index (χ2v) is 6.77. The maximum atomic E-state index is 12.5. The van der Waals surface area contributed by atoms with Crippen LogP contribution in [0.15, 0.2) is 39.8 Å². The molecule has 1 amide bonds. The predicted molar refractivity (Wildman–Crippen MR) is 82.8 cm³/mol. The zero-order chi connectivity index (χ0) is 13.9. The van der Waals surface area contributed by atoms with Crippen LogP contribution < -0.4 is 0 Å². The molecule has 0 aliphatic carbocycles. The van der Waals surface area contributed by atoms with Gasteiger partial charge in [-0.1, -0.05) is 22.0 Å². The Bertz CT molecular complexity index is 463. The summed E-state index contributed by atoms with van der Waals surface area (Å²) in [7, 11) is 0. The molecule has 0 aliphatic rings. The van der Waals surface area contributed by atoms with Gasteiger partial charge in [-0.3, -0.25) is 4.79 Å². The van der Waals surface area contributed by atoms with E-state index in [1.54, 1.807) is 11.0 Å². The highest BCUT2D eigenvalue weighted by molar-refractivity contribution is 9.11. The van der Waals surface area contributed by atoms with Crippen LogP contribution in [-0.2, 0) is 0 Å². The minimum absolute atomic E-state index is 0.00164. The molecule has 4 heteroatoms. The minimum atomic E-state index is -0.238. The van der Waals surface area contributed by atoms with E-state index in [1.807, 2.05) is 39.0 Å². The van der Waals surface area contributed by atoms with E-state index in [0.717, 1.165) is 8.95 Å². The van der Waals surface area contributed by atoms with Gasteiger partial charge in [0.05, 0.1) is 5.56 Å². The summed E-state index contributed by atoms with van der Waals surface area (Å²) < 4.78 is 1.73. The average Bonchev–Trinajstić information content (AvgIpc) is 2.23. The summed E-state index contributed by atoms with van der Waals surface area (Å²) in [6.45, 7) is 10.3. The number of nitrogens with zero attached hydrogens (tertiary/aromatic N) is 1. The summed E-state index contributed by atoms with van der Waals surface area (Å²) in [6, 6.07) is 5.56. The lowest BCUT2D eigenvalue weighted by molar-refractivity contribution is 0.0615. The molecule has 18 heavy (non-hydrogen) atoms. The maximum absolute atomic E-state index is 12.5. The molecule has 0 aromatic heterocycles. The van der Waals surface area contributed by atoms with Gasteiger partial charge in [-0.15, -0.1) is 6.58 Å². The summed E-state index contributed by atoms with van der Waals surface area (Å²) in [5, 5.41) is 0. The van der Waals surface area contributed by atoms with Gasteiger partial charge in [-0.2, -0.15) is 0 Å². The molecule has 0 heterocycles. The fraction of sp³-hybridized carbons (Fsp3) is 0.357. The molecule has 98 valence electrons. The number of hydrogen-bond donors (Lipinski definition) is 0. The molecule has 1 aromatic carbocycles. The molecular weight excluding hydrogens is 358 g/mol. The molecule has 0 radical (unpaired) electrons. The zero-order valence-corrected chi connectivity index (χ0v) is 14.0. The summed E-state index contributed by atoms with van der Waals surface area (Å²) in [6.07, 6.45) is 1.75. The highest BCUT2D eigenvalue weighted by Gasteiger charge is 2.27.